The zero-order valence-electron chi connectivity index (χ0n) is 18.8. The molecule has 3 unspecified atom stereocenters. The monoisotopic (exact) mass is 452 g/mol. The molecule has 1 saturated heterocycles. The van der Waals surface area contributed by atoms with Crippen LogP contribution in [0.1, 0.15) is 40.0 Å². The van der Waals surface area contributed by atoms with E-state index in [4.69, 9.17) is 11.6 Å². The van der Waals surface area contributed by atoms with Crippen LogP contribution in [0.4, 0.5) is 11.4 Å². The lowest BCUT2D eigenvalue weighted by atomic mass is 9.65. The number of ketones is 1. The van der Waals surface area contributed by atoms with Crippen molar-refractivity contribution in [1.29, 1.82) is 0 Å². The summed E-state index contributed by atoms with van der Waals surface area (Å²) in [5, 5.41) is 0.573. The molecule has 2 aromatic rings. The molecule has 2 amide bonds. The van der Waals surface area contributed by atoms with Crippen LogP contribution in [0, 0.1) is 17.3 Å². The van der Waals surface area contributed by atoms with Gasteiger partial charge in [0, 0.05) is 41.3 Å². The maximum Gasteiger partial charge on any atom is 0.239 e. The Labute approximate surface area is 194 Å². The third kappa shape index (κ3) is 4.18. The average molecular weight is 453 g/mol. The Hall–Kier alpha value is -2.66. The number of piperidine rings is 1. The Bertz CT molecular complexity index is 1020. The number of anilines is 2. The molecule has 0 N–H and O–H groups in total. The minimum absolute atomic E-state index is 0.137. The van der Waals surface area contributed by atoms with Crippen molar-refractivity contribution in [2.24, 2.45) is 17.3 Å². The summed E-state index contributed by atoms with van der Waals surface area (Å²) >= 11 is 6.08. The summed E-state index contributed by atoms with van der Waals surface area (Å²) in [4.78, 5) is 44.0. The van der Waals surface area contributed by atoms with Gasteiger partial charge in [-0.1, -0.05) is 43.6 Å². The number of amides is 2. The Morgan fingerprint density at radius 2 is 1.75 bits per heavy atom. The van der Waals surface area contributed by atoms with Gasteiger partial charge in [0.25, 0.3) is 0 Å². The minimum atomic E-state index is -0.891. The maximum absolute atomic E-state index is 13.8. The van der Waals surface area contributed by atoms with E-state index in [0.717, 1.165) is 12.1 Å². The zero-order chi connectivity index (χ0) is 23.0. The SMILES string of the molecule is CCN(C(=O)C1CC2C(=O)CC(C)(C)CC2N(c2ccc(Cl)cc2)C1=O)c1ccccc1. The van der Waals surface area contributed by atoms with Crippen LogP contribution < -0.4 is 9.80 Å². The average Bonchev–Trinajstić information content (AvgIpc) is 2.75. The lowest BCUT2D eigenvalue weighted by Crippen LogP contribution is -2.61. The standard InChI is InChI=1S/C26H29ClN2O3/c1-4-28(18-8-6-5-7-9-18)24(31)21-14-20-22(15-26(2,3)16-23(20)30)29(25(21)32)19-12-10-17(27)11-13-19/h5-13,20-22H,4,14-16H2,1-3H3. The molecule has 2 aromatic carbocycles. The van der Waals surface area contributed by atoms with E-state index >= 15 is 0 Å². The Balaban J connectivity index is 1.74. The molecule has 0 aromatic heterocycles. The van der Waals surface area contributed by atoms with Gasteiger partial charge in [-0.25, -0.2) is 0 Å². The molecule has 1 aliphatic carbocycles. The fourth-order valence-corrected chi connectivity index (χ4v) is 5.36. The van der Waals surface area contributed by atoms with E-state index in [1.165, 1.54) is 0 Å². The molecule has 0 bridgehead atoms. The lowest BCUT2D eigenvalue weighted by molar-refractivity contribution is -0.140. The molecule has 32 heavy (non-hydrogen) atoms. The normalized spacial score (nSPS) is 24.8. The quantitative estimate of drug-likeness (QED) is 0.605. The van der Waals surface area contributed by atoms with Crippen molar-refractivity contribution in [2.45, 2.75) is 46.1 Å². The van der Waals surface area contributed by atoms with E-state index in [1.54, 1.807) is 34.1 Å². The molecular weight excluding hydrogens is 424 g/mol. The van der Waals surface area contributed by atoms with Crippen molar-refractivity contribution < 1.29 is 14.4 Å². The second-order valence-electron chi connectivity index (χ2n) is 9.58. The van der Waals surface area contributed by atoms with Crippen molar-refractivity contribution in [3.63, 3.8) is 0 Å². The van der Waals surface area contributed by atoms with Gasteiger partial charge in [0.15, 0.2) is 0 Å². The molecule has 1 saturated carbocycles. The summed E-state index contributed by atoms with van der Waals surface area (Å²) in [5.41, 5.74) is 1.24. The molecule has 5 nitrogen and oxygen atoms in total. The van der Waals surface area contributed by atoms with E-state index < -0.39 is 5.92 Å². The highest BCUT2D eigenvalue weighted by molar-refractivity contribution is 6.30. The molecule has 4 rings (SSSR count). The fraction of sp³-hybridized carbons (Fsp3) is 0.423. The van der Waals surface area contributed by atoms with Crippen molar-refractivity contribution in [2.75, 3.05) is 16.3 Å². The highest BCUT2D eigenvalue weighted by Crippen LogP contribution is 2.45. The van der Waals surface area contributed by atoms with Gasteiger partial charge in [0.1, 0.15) is 11.7 Å². The first-order chi connectivity index (χ1) is 15.2. The number of nitrogens with zero attached hydrogens (tertiary/aromatic N) is 2. The summed E-state index contributed by atoms with van der Waals surface area (Å²) in [6, 6.07) is 16.2. The molecule has 1 aliphatic heterocycles. The summed E-state index contributed by atoms with van der Waals surface area (Å²) in [6.45, 7) is 6.48. The van der Waals surface area contributed by atoms with Crippen LogP contribution in [0.3, 0.4) is 0 Å². The van der Waals surface area contributed by atoms with Gasteiger partial charge >= 0.3 is 0 Å². The van der Waals surface area contributed by atoms with Crippen molar-refractivity contribution in [1.82, 2.24) is 0 Å². The molecule has 2 fully saturated rings. The van der Waals surface area contributed by atoms with Gasteiger partial charge in [-0.15, -0.1) is 0 Å². The van der Waals surface area contributed by atoms with Crippen LogP contribution in [0.2, 0.25) is 5.02 Å². The second-order valence-corrected chi connectivity index (χ2v) is 10.0. The molecule has 0 radical (unpaired) electrons. The smallest absolute Gasteiger partial charge is 0.239 e. The van der Waals surface area contributed by atoms with Gasteiger partial charge in [-0.05, 0) is 61.6 Å². The Kier molecular flexibility index (Phi) is 6.13. The number of rotatable bonds is 4. The number of halogens is 1. The molecular formula is C26H29ClN2O3. The summed E-state index contributed by atoms with van der Waals surface area (Å²) in [6.07, 6.45) is 1.45. The third-order valence-electron chi connectivity index (χ3n) is 6.70. The zero-order valence-corrected chi connectivity index (χ0v) is 19.5. The van der Waals surface area contributed by atoms with Crippen LogP contribution in [0.5, 0.6) is 0 Å². The number of hydrogen-bond acceptors (Lipinski definition) is 3. The van der Waals surface area contributed by atoms with Gasteiger partial charge in [0.2, 0.25) is 11.8 Å². The van der Waals surface area contributed by atoms with Crippen LogP contribution in [0.15, 0.2) is 54.6 Å². The number of carbonyl (C=O) groups is 3. The van der Waals surface area contributed by atoms with Crippen molar-refractivity contribution in [3.8, 4) is 0 Å². The predicted octanol–water partition coefficient (Wildman–Crippen LogP) is 5.12. The Morgan fingerprint density at radius 3 is 2.38 bits per heavy atom. The van der Waals surface area contributed by atoms with E-state index in [0.29, 0.717) is 23.7 Å². The number of carbonyl (C=O) groups excluding carboxylic acids is 3. The molecule has 3 atom stereocenters. The van der Waals surface area contributed by atoms with Crippen LogP contribution in [-0.2, 0) is 14.4 Å². The number of fused-ring (bicyclic) bond motifs is 1. The topological polar surface area (TPSA) is 57.7 Å². The third-order valence-corrected chi connectivity index (χ3v) is 6.95. The van der Waals surface area contributed by atoms with Crippen LogP contribution in [-0.4, -0.2) is 30.2 Å². The largest absolute Gasteiger partial charge is 0.312 e. The Morgan fingerprint density at radius 1 is 1.09 bits per heavy atom. The minimum Gasteiger partial charge on any atom is -0.312 e. The number of Topliss-reactive ketones (excluding diaryl/α,β-unsaturated/α-hetero) is 1. The first kappa shape index (κ1) is 22.5. The van der Waals surface area contributed by atoms with Crippen molar-refractivity contribution in [3.05, 3.63) is 59.6 Å². The molecule has 6 heteroatoms. The highest BCUT2D eigenvalue weighted by atomic mass is 35.5. The summed E-state index contributed by atoms with van der Waals surface area (Å²) in [7, 11) is 0. The number of para-hydroxylation sites is 1. The predicted molar refractivity (Wildman–Crippen MR) is 127 cm³/mol. The number of hydrogen-bond donors (Lipinski definition) is 0. The van der Waals surface area contributed by atoms with Gasteiger partial charge in [0.05, 0.1) is 0 Å². The van der Waals surface area contributed by atoms with Crippen LogP contribution in [0.25, 0.3) is 0 Å². The molecule has 168 valence electrons. The van der Waals surface area contributed by atoms with E-state index in [2.05, 4.69) is 13.8 Å². The first-order valence-electron chi connectivity index (χ1n) is 11.2. The first-order valence-corrected chi connectivity index (χ1v) is 11.6. The second kappa shape index (κ2) is 8.70. The fourth-order valence-electron chi connectivity index (χ4n) is 5.23. The summed E-state index contributed by atoms with van der Waals surface area (Å²) < 4.78 is 0. The van der Waals surface area contributed by atoms with Crippen LogP contribution >= 0.6 is 11.6 Å². The number of benzene rings is 2. The van der Waals surface area contributed by atoms with E-state index in [9.17, 15) is 14.4 Å². The molecule has 1 heterocycles. The van der Waals surface area contributed by atoms with E-state index in [-0.39, 0.29) is 41.4 Å². The lowest BCUT2D eigenvalue weighted by Gasteiger charge is -2.49. The van der Waals surface area contributed by atoms with Gasteiger partial charge < -0.3 is 9.80 Å². The molecule has 2 aliphatic rings. The van der Waals surface area contributed by atoms with Gasteiger partial charge in [-0.3, -0.25) is 14.4 Å². The summed E-state index contributed by atoms with van der Waals surface area (Å²) in [5.74, 6) is -1.59. The van der Waals surface area contributed by atoms with E-state index in [1.807, 2.05) is 37.3 Å². The highest BCUT2D eigenvalue weighted by Gasteiger charge is 2.52. The van der Waals surface area contributed by atoms with Gasteiger partial charge in [-0.2, -0.15) is 0 Å². The maximum atomic E-state index is 13.8. The molecule has 0 spiro atoms. The van der Waals surface area contributed by atoms with Crippen molar-refractivity contribution >= 4 is 40.6 Å².